The van der Waals surface area contributed by atoms with E-state index < -0.39 is 0 Å². The fraction of sp³-hybridized carbons (Fsp3) is 0.667. The molecule has 0 aliphatic heterocycles. The second-order valence-electron chi connectivity index (χ2n) is 1.80. The first-order valence-electron chi connectivity index (χ1n) is 2.91. The second kappa shape index (κ2) is 5.75. The number of hydrogen-bond acceptors (Lipinski definition) is 3. The van der Waals surface area contributed by atoms with Crippen LogP contribution in [0, 0.1) is 0 Å². The molecule has 0 aromatic heterocycles. The topological polar surface area (TPSA) is 41.5 Å². The van der Waals surface area contributed by atoms with E-state index in [4.69, 9.17) is 9.94 Å². The van der Waals surface area contributed by atoms with Crippen molar-refractivity contribution in [2.24, 2.45) is 0 Å². The van der Waals surface area contributed by atoms with E-state index in [0.717, 1.165) is 0 Å². The first kappa shape index (κ1) is 8.62. The number of hydroxylamine groups is 1. The zero-order valence-electron chi connectivity index (χ0n) is 5.63. The normalized spacial score (nSPS) is 13.1. The van der Waals surface area contributed by atoms with Gasteiger partial charge in [0.05, 0.1) is 12.7 Å². The molecule has 0 radical (unpaired) electrons. The molecule has 0 saturated carbocycles. The Labute approximate surface area is 55.3 Å². The fourth-order valence-electron chi connectivity index (χ4n) is 0.297. The van der Waals surface area contributed by atoms with Crippen molar-refractivity contribution in [2.75, 3.05) is 13.2 Å². The molecule has 0 aromatic rings. The van der Waals surface area contributed by atoms with Crippen molar-refractivity contribution in [3.63, 3.8) is 0 Å². The molecule has 3 nitrogen and oxygen atoms in total. The minimum atomic E-state index is -0.366. The highest BCUT2D eigenvalue weighted by Gasteiger charge is 1.91. The maximum Gasteiger partial charge on any atom is 0.0861 e. The molecule has 2 N–H and O–H groups in total. The van der Waals surface area contributed by atoms with E-state index in [2.05, 4.69) is 12.1 Å². The van der Waals surface area contributed by atoms with Crippen LogP contribution >= 0.6 is 0 Å². The van der Waals surface area contributed by atoms with Gasteiger partial charge in [0, 0.05) is 6.54 Å². The van der Waals surface area contributed by atoms with Gasteiger partial charge in [0.1, 0.15) is 0 Å². The predicted octanol–water partition coefficient (Wildman–Crippen LogP) is 0.0744. The lowest BCUT2D eigenvalue weighted by Crippen LogP contribution is -2.24. The Kier molecular flexibility index (Phi) is 5.51. The average molecular weight is 131 g/mol. The van der Waals surface area contributed by atoms with Crippen molar-refractivity contribution in [3.05, 3.63) is 12.7 Å². The minimum Gasteiger partial charge on any atom is -0.392 e. The van der Waals surface area contributed by atoms with E-state index in [1.807, 2.05) is 0 Å². The summed E-state index contributed by atoms with van der Waals surface area (Å²) in [5, 5.41) is 8.68. The van der Waals surface area contributed by atoms with Gasteiger partial charge in [-0.1, -0.05) is 6.08 Å². The first-order valence-corrected chi connectivity index (χ1v) is 2.91. The van der Waals surface area contributed by atoms with E-state index in [0.29, 0.717) is 13.2 Å². The highest BCUT2D eigenvalue weighted by atomic mass is 16.6. The Morgan fingerprint density at radius 1 is 1.89 bits per heavy atom. The van der Waals surface area contributed by atoms with Crippen LogP contribution in [0.2, 0.25) is 0 Å². The van der Waals surface area contributed by atoms with E-state index >= 15 is 0 Å². The van der Waals surface area contributed by atoms with E-state index in [-0.39, 0.29) is 6.10 Å². The molecule has 1 atom stereocenters. The van der Waals surface area contributed by atoms with Crippen LogP contribution in [-0.4, -0.2) is 24.4 Å². The van der Waals surface area contributed by atoms with Gasteiger partial charge >= 0.3 is 0 Å². The molecule has 0 rings (SSSR count). The summed E-state index contributed by atoms with van der Waals surface area (Å²) in [5.74, 6) is 0. The molecule has 0 aliphatic carbocycles. The molecular weight excluding hydrogens is 118 g/mol. The number of aliphatic hydroxyl groups is 1. The van der Waals surface area contributed by atoms with Gasteiger partial charge in [-0.2, -0.15) is 5.48 Å². The first-order chi connectivity index (χ1) is 4.27. The van der Waals surface area contributed by atoms with Crippen LogP contribution in [0.1, 0.15) is 6.92 Å². The Bertz CT molecular complexity index is 73.5. The van der Waals surface area contributed by atoms with Crippen LogP contribution in [0.3, 0.4) is 0 Å². The molecule has 0 heterocycles. The number of hydrogen-bond donors (Lipinski definition) is 2. The molecule has 0 fully saturated rings. The summed E-state index contributed by atoms with van der Waals surface area (Å²) in [4.78, 5) is 4.77. The summed E-state index contributed by atoms with van der Waals surface area (Å²) in [6.07, 6.45) is 1.27. The Morgan fingerprint density at radius 3 is 3.00 bits per heavy atom. The van der Waals surface area contributed by atoms with Crippen LogP contribution in [0.5, 0.6) is 0 Å². The SMILES string of the molecule is C=CCONC[C@@H](C)O. The third-order valence-electron chi connectivity index (χ3n) is 0.682. The quantitative estimate of drug-likeness (QED) is 0.315. The predicted molar refractivity (Wildman–Crippen MR) is 35.8 cm³/mol. The smallest absolute Gasteiger partial charge is 0.0861 e. The van der Waals surface area contributed by atoms with E-state index in [9.17, 15) is 0 Å². The minimum absolute atomic E-state index is 0.366. The van der Waals surface area contributed by atoms with Gasteiger partial charge in [0.15, 0.2) is 0 Å². The summed E-state index contributed by atoms with van der Waals surface area (Å²) < 4.78 is 0. The maximum atomic E-state index is 8.68. The standard InChI is InChI=1S/C6H13NO2/c1-3-4-9-7-5-6(2)8/h3,6-8H,1,4-5H2,2H3/t6-/m1/s1. The summed E-state index contributed by atoms with van der Waals surface area (Å²) >= 11 is 0. The largest absolute Gasteiger partial charge is 0.392 e. The Balaban J connectivity index is 2.82. The van der Waals surface area contributed by atoms with Gasteiger partial charge in [-0.25, -0.2) is 0 Å². The van der Waals surface area contributed by atoms with Crippen LogP contribution in [0.15, 0.2) is 12.7 Å². The molecule has 0 saturated heterocycles. The van der Waals surface area contributed by atoms with Crippen molar-refractivity contribution in [1.82, 2.24) is 5.48 Å². The summed E-state index contributed by atoms with van der Waals surface area (Å²) in [6, 6.07) is 0. The summed E-state index contributed by atoms with van der Waals surface area (Å²) in [5.41, 5.74) is 2.56. The van der Waals surface area contributed by atoms with Gasteiger partial charge < -0.3 is 5.11 Å². The van der Waals surface area contributed by atoms with E-state index in [1.54, 1.807) is 13.0 Å². The number of nitrogens with one attached hydrogen (secondary N) is 1. The molecule has 0 amide bonds. The lowest BCUT2D eigenvalue weighted by atomic mass is 10.4. The van der Waals surface area contributed by atoms with Crippen molar-refractivity contribution in [1.29, 1.82) is 0 Å². The third-order valence-corrected chi connectivity index (χ3v) is 0.682. The third kappa shape index (κ3) is 7.62. The average Bonchev–Trinajstić information content (AvgIpc) is 1.80. The lowest BCUT2D eigenvalue weighted by molar-refractivity contribution is 0.0343. The van der Waals surface area contributed by atoms with Crippen molar-refractivity contribution in [3.8, 4) is 0 Å². The van der Waals surface area contributed by atoms with Gasteiger partial charge in [0.2, 0.25) is 0 Å². The van der Waals surface area contributed by atoms with E-state index in [1.165, 1.54) is 0 Å². The maximum absolute atomic E-state index is 8.68. The summed E-state index contributed by atoms with van der Waals surface area (Å²) in [6.45, 7) is 6.05. The Hall–Kier alpha value is -0.380. The van der Waals surface area contributed by atoms with Crippen molar-refractivity contribution < 1.29 is 9.94 Å². The molecule has 9 heavy (non-hydrogen) atoms. The van der Waals surface area contributed by atoms with Crippen molar-refractivity contribution in [2.45, 2.75) is 13.0 Å². The molecule has 0 unspecified atom stereocenters. The summed E-state index contributed by atoms with van der Waals surface area (Å²) in [7, 11) is 0. The molecule has 0 aliphatic rings. The molecular formula is C6H13NO2. The van der Waals surface area contributed by atoms with Crippen LogP contribution in [0.25, 0.3) is 0 Å². The molecule has 3 heteroatoms. The monoisotopic (exact) mass is 131 g/mol. The van der Waals surface area contributed by atoms with Gasteiger partial charge in [-0.15, -0.1) is 6.58 Å². The van der Waals surface area contributed by atoms with Crippen LogP contribution in [0.4, 0.5) is 0 Å². The highest BCUT2D eigenvalue weighted by molar-refractivity contribution is 4.62. The molecule has 0 aromatic carbocycles. The van der Waals surface area contributed by atoms with Crippen molar-refractivity contribution >= 4 is 0 Å². The molecule has 54 valence electrons. The zero-order chi connectivity index (χ0) is 7.11. The fourth-order valence-corrected chi connectivity index (χ4v) is 0.297. The molecule has 0 spiro atoms. The van der Waals surface area contributed by atoms with Crippen LogP contribution in [-0.2, 0) is 4.84 Å². The van der Waals surface area contributed by atoms with Gasteiger partial charge in [-0.05, 0) is 6.92 Å². The number of aliphatic hydroxyl groups excluding tert-OH is 1. The van der Waals surface area contributed by atoms with Gasteiger partial charge in [-0.3, -0.25) is 4.84 Å². The Morgan fingerprint density at radius 2 is 2.56 bits per heavy atom. The number of rotatable bonds is 5. The lowest BCUT2D eigenvalue weighted by Gasteiger charge is -2.04. The molecule has 0 bridgehead atoms. The van der Waals surface area contributed by atoms with Gasteiger partial charge in [0.25, 0.3) is 0 Å². The zero-order valence-corrected chi connectivity index (χ0v) is 5.63. The highest BCUT2D eigenvalue weighted by Crippen LogP contribution is 1.74. The van der Waals surface area contributed by atoms with Crippen LogP contribution < -0.4 is 5.48 Å². The second-order valence-corrected chi connectivity index (χ2v) is 1.80.